The maximum Gasteiger partial charge on any atom is 0.226 e. The average molecular weight is 209 g/mol. The first-order valence-corrected chi connectivity index (χ1v) is 5.17. The van der Waals surface area contributed by atoms with E-state index in [-0.39, 0.29) is 12.0 Å². The third-order valence-electron chi connectivity index (χ3n) is 2.71. The lowest BCUT2D eigenvalue weighted by molar-refractivity contribution is -0.121. The fourth-order valence-electron chi connectivity index (χ4n) is 1.74. The zero-order valence-corrected chi connectivity index (χ0v) is 8.44. The molecule has 1 amide bonds. The molecule has 5 heteroatoms. The molecule has 0 saturated heterocycles. The van der Waals surface area contributed by atoms with Gasteiger partial charge in [0.25, 0.3) is 0 Å². The number of aromatic amines is 1. The fraction of sp³-hybridized carbons (Fsp3) is 0.600. The number of carbonyl (C=O) groups is 1. The predicted octanol–water partition coefficient (Wildman–Crippen LogP) is -0.161. The highest BCUT2D eigenvalue weighted by molar-refractivity contribution is 5.78. The summed E-state index contributed by atoms with van der Waals surface area (Å²) in [6.07, 6.45) is 3.44. The van der Waals surface area contributed by atoms with E-state index in [1.807, 2.05) is 0 Å². The van der Waals surface area contributed by atoms with Crippen LogP contribution in [-0.4, -0.2) is 33.9 Å². The van der Waals surface area contributed by atoms with Crippen LogP contribution in [0.2, 0.25) is 0 Å². The van der Waals surface area contributed by atoms with Crippen LogP contribution in [0.3, 0.4) is 0 Å². The Bertz CT molecular complexity index is 317. The molecule has 0 spiro atoms. The molecule has 0 bridgehead atoms. The normalized spacial score (nSPS) is 24.6. The number of carbonyl (C=O) groups excluding carboxylic acids is 1. The number of aliphatic hydroxyl groups is 1. The van der Waals surface area contributed by atoms with Crippen molar-refractivity contribution in [3.8, 4) is 0 Å². The minimum Gasteiger partial charge on any atom is -0.393 e. The monoisotopic (exact) mass is 209 g/mol. The van der Waals surface area contributed by atoms with Gasteiger partial charge in [-0.05, 0) is 24.8 Å². The lowest BCUT2D eigenvalue weighted by Crippen LogP contribution is -2.38. The molecule has 1 aliphatic carbocycles. The van der Waals surface area contributed by atoms with Gasteiger partial charge in [0.15, 0.2) is 0 Å². The summed E-state index contributed by atoms with van der Waals surface area (Å²) in [5.41, 5.74) is 0.821. The largest absolute Gasteiger partial charge is 0.393 e. The quantitative estimate of drug-likeness (QED) is 0.644. The highest BCUT2D eigenvalue weighted by atomic mass is 16.3. The minimum atomic E-state index is -0.153. The Morgan fingerprint density at radius 1 is 1.67 bits per heavy atom. The molecule has 1 fully saturated rings. The second-order valence-corrected chi connectivity index (χ2v) is 4.05. The summed E-state index contributed by atoms with van der Waals surface area (Å²) in [7, 11) is 0. The van der Waals surface area contributed by atoms with Gasteiger partial charge in [-0.15, -0.1) is 0 Å². The summed E-state index contributed by atoms with van der Waals surface area (Å²) >= 11 is 0. The van der Waals surface area contributed by atoms with E-state index in [0.717, 1.165) is 18.5 Å². The Balaban J connectivity index is 1.65. The maximum atomic E-state index is 11.4. The van der Waals surface area contributed by atoms with Crippen LogP contribution in [0.1, 0.15) is 18.5 Å². The van der Waals surface area contributed by atoms with Crippen molar-refractivity contribution in [3.63, 3.8) is 0 Å². The molecule has 0 atom stereocenters. The van der Waals surface area contributed by atoms with Crippen molar-refractivity contribution in [2.24, 2.45) is 5.92 Å². The molecule has 15 heavy (non-hydrogen) atoms. The van der Waals surface area contributed by atoms with Crippen molar-refractivity contribution in [1.29, 1.82) is 0 Å². The van der Waals surface area contributed by atoms with E-state index >= 15 is 0 Å². The highest BCUT2D eigenvalue weighted by Crippen LogP contribution is 2.25. The third kappa shape index (κ3) is 2.79. The zero-order valence-electron chi connectivity index (χ0n) is 8.44. The molecule has 1 heterocycles. The number of hydrogen-bond donors (Lipinski definition) is 3. The molecule has 0 unspecified atom stereocenters. The van der Waals surface area contributed by atoms with Crippen LogP contribution >= 0.6 is 0 Å². The van der Waals surface area contributed by atoms with Crippen molar-refractivity contribution in [2.45, 2.75) is 25.4 Å². The Hall–Kier alpha value is -1.36. The maximum absolute atomic E-state index is 11.4. The van der Waals surface area contributed by atoms with E-state index in [4.69, 9.17) is 5.11 Å². The Kier molecular flexibility index (Phi) is 3.01. The number of aliphatic hydroxyl groups excluding tert-OH is 1. The van der Waals surface area contributed by atoms with Crippen LogP contribution < -0.4 is 5.32 Å². The highest BCUT2D eigenvalue weighted by Gasteiger charge is 2.27. The predicted molar refractivity (Wildman–Crippen MR) is 54.0 cm³/mol. The molecule has 0 aliphatic heterocycles. The molecule has 5 nitrogen and oxygen atoms in total. The topological polar surface area (TPSA) is 78.0 Å². The molecule has 1 aromatic heterocycles. The number of H-pyrrole nitrogens is 1. The third-order valence-corrected chi connectivity index (χ3v) is 2.71. The van der Waals surface area contributed by atoms with E-state index in [1.165, 1.54) is 0 Å². The summed E-state index contributed by atoms with van der Waals surface area (Å²) < 4.78 is 0. The first-order chi connectivity index (χ1) is 7.24. The summed E-state index contributed by atoms with van der Waals surface area (Å²) in [5.74, 6) is 0.450. The van der Waals surface area contributed by atoms with E-state index in [9.17, 15) is 4.79 Å². The molecular weight excluding hydrogens is 194 g/mol. The number of aromatic nitrogens is 2. The van der Waals surface area contributed by atoms with Gasteiger partial charge in [-0.2, -0.15) is 5.10 Å². The second kappa shape index (κ2) is 4.44. The smallest absolute Gasteiger partial charge is 0.226 e. The molecule has 2 rings (SSSR count). The summed E-state index contributed by atoms with van der Waals surface area (Å²) in [6, 6.07) is 1.78. The molecule has 3 N–H and O–H groups in total. The summed E-state index contributed by atoms with van der Waals surface area (Å²) in [6.45, 7) is 0.671. The van der Waals surface area contributed by atoms with Gasteiger partial charge in [0.1, 0.15) is 0 Å². The molecular formula is C10H15N3O2. The number of hydrogen-bond acceptors (Lipinski definition) is 3. The average Bonchev–Trinajstić information content (AvgIpc) is 2.63. The minimum absolute atomic E-state index is 0.000592. The molecule has 1 aromatic rings. The zero-order chi connectivity index (χ0) is 10.7. The van der Waals surface area contributed by atoms with Crippen LogP contribution in [0.25, 0.3) is 0 Å². The van der Waals surface area contributed by atoms with Crippen molar-refractivity contribution < 1.29 is 9.90 Å². The Morgan fingerprint density at radius 2 is 2.47 bits per heavy atom. The number of nitrogens with one attached hydrogen (secondary N) is 2. The van der Waals surface area contributed by atoms with Gasteiger partial charge < -0.3 is 10.4 Å². The van der Waals surface area contributed by atoms with E-state index in [0.29, 0.717) is 18.9 Å². The van der Waals surface area contributed by atoms with E-state index < -0.39 is 0 Å². The van der Waals surface area contributed by atoms with Gasteiger partial charge >= 0.3 is 0 Å². The van der Waals surface area contributed by atoms with Gasteiger partial charge in [0, 0.05) is 18.4 Å². The second-order valence-electron chi connectivity index (χ2n) is 4.05. The first-order valence-electron chi connectivity index (χ1n) is 5.17. The van der Waals surface area contributed by atoms with Crippen molar-refractivity contribution in [3.05, 3.63) is 18.0 Å². The van der Waals surface area contributed by atoms with Crippen LogP contribution in [0, 0.1) is 5.92 Å². The molecule has 0 aromatic carbocycles. The van der Waals surface area contributed by atoms with E-state index in [1.54, 1.807) is 12.3 Å². The van der Waals surface area contributed by atoms with Crippen molar-refractivity contribution in [1.82, 2.24) is 15.5 Å². The van der Waals surface area contributed by atoms with Crippen molar-refractivity contribution in [2.75, 3.05) is 6.54 Å². The molecule has 1 aliphatic rings. The van der Waals surface area contributed by atoms with Gasteiger partial charge in [-0.3, -0.25) is 9.89 Å². The Morgan fingerprint density at radius 3 is 3.07 bits per heavy atom. The van der Waals surface area contributed by atoms with Gasteiger partial charge in [0.2, 0.25) is 5.91 Å². The van der Waals surface area contributed by atoms with Crippen LogP contribution in [0.4, 0.5) is 0 Å². The lowest BCUT2D eigenvalue weighted by atomic mass is 9.82. The first kappa shape index (κ1) is 10.2. The standard InChI is InChI=1S/C10H15N3O2/c14-9-3-7(4-9)6-11-10(15)5-8-1-2-12-13-8/h1-2,7,9,14H,3-6H2,(H,11,15)(H,12,13). The van der Waals surface area contributed by atoms with Crippen molar-refractivity contribution >= 4 is 5.91 Å². The number of amides is 1. The number of nitrogens with zero attached hydrogens (tertiary/aromatic N) is 1. The van der Waals surface area contributed by atoms with Crippen LogP contribution in [-0.2, 0) is 11.2 Å². The Labute approximate surface area is 87.9 Å². The lowest BCUT2D eigenvalue weighted by Gasteiger charge is -2.31. The van der Waals surface area contributed by atoms with Gasteiger partial charge in [-0.1, -0.05) is 0 Å². The van der Waals surface area contributed by atoms with E-state index in [2.05, 4.69) is 15.5 Å². The van der Waals surface area contributed by atoms with Crippen LogP contribution in [0.15, 0.2) is 12.3 Å². The summed E-state index contributed by atoms with van der Waals surface area (Å²) in [5, 5.41) is 18.4. The van der Waals surface area contributed by atoms with Gasteiger partial charge in [-0.25, -0.2) is 0 Å². The molecule has 1 saturated carbocycles. The fourth-order valence-corrected chi connectivity index (χ4v) is 1.74. The number of rotatable bonds is 4. The van der Waals surface area contributed by atoms with Crippen LogP contribution in [0.5, 0.6) is 0 Å². The molecule has 82 valence electrons. The molecule has 0 radical (unpaired) electrons. The summed E-state index contributed by atoms with van der Waals surface area (Å²) in [4.78, 5) is 11.4. The SMILES string of the molecule is O=C(Cc1ccn[nH]1)NCC1CC(O)C1. The van der Waals surface area contributed by atoms with Gasteiger partial charge in [0.05, 0.1) is 12.5 Å².